The summed E-state index contributed by atoms with van der Waals surface area (Å²) >= 11 is 0. The van der Waals surface area contributed by atoms with E-state index in [0.717, 1.165) is 19.3 Å². The molecule has 0 aromatic rings. The Labute approximate surface area is 244 Å². The number of rotatable bonds is 27. The van der Waals surface area contributed by atoms with E-state index in [0.29, 0.717) is 12.8 Å². The molecule has 6 N–H and O–H groups in total. The highest BCUT2D eigenvalue weighted by Gasteiger charge is 2.43. The summed E-state index contributed by atoms with van der Waals surface area (Å²) in [5.41, 5.74) is 0. The first-order chi connectivity index (χ1) is 19.4. The lowest BCUT2D eigenvalue weighted by molar-refractivity contribution is -0.301. The van der Waals surface area contributed by atoms with Crippen molar-refractivity contribution in [3.8, 4) is 0 Å². The maximum atomic E-state index is 10.2. The van der Waals surface area contributed by atoms with Crippen LogP contribution in [0.15, 0.2) is 0 Å². The molecule has 1 saturated heterocycles. The minimum atomic E-state index is -1.44. The van der Waals surface area contributed by atoms with E-state index in [1.807, 2.05) is 6.92 Å². The highest BCUT2D eigenvalue weighted by Crippen LogP contribution is 2.22. The number of hydrogen-bond acceptors (Lipinski definition) is 8. The fraction of sp³-hybridized carbons (Fsp3) is 1.00. The molecule has 0 amide bonds. The quantitative estimate of drug-likeness (QED) is 0.0740. The number of aliphatic hydroxyl groups is 6. The molecule has 0 aromatic carbocycles. The lowest BCUT2D eigenvalue weighted by atomic mass is 9.99. The zero-order valence-corrected chi connectivity index (χ0v) is 25.5. The van der Waals surface area contributed by atoms with Crippen LogP contribution in [-0.4, -0.2) is 86.8 Å². The van der Waals surface area contributed by atoms with Crippen molar-refractivity contribution >= 4 is 0 Å². The minimum absolute atomic E-state index is 0.135. The number of ether oxygens (including phenoxy) is 2. The normalized spacial score (nSPS) is 24.8. The van der Waals surface area contributed by atoms with Gasteiger partial charge in [-0.15, -0.1) is 0 Å². The molecule has 0 saturated carbocycles. The van der Waals surface area contributed by atoms with Gasteiger partial charge in [0.05, 0.1) is 25.4 Å². The van der Waals surface area contributed by atoms with E-state index >= 15 is 0 Å². The summed E-state index contributed by atoms with van der Waals surface area (Å²) in [5, 5.41) is 58.2. The van der Waals surface area contributed by atoms with Crippen LogP contribution in [0.4, 0.5) is 0 Å². The van der Waals surface area contributed by atoms with Gasteiger partial charge in [-0.25, -0.2) is 0 Å². The Morgan fingerprint density at radius 3 is 1.35 bits per heavy atom. The fourth-order valence-corrected chi connectivity index (χ4v) is 5.49. The van der Waals surface area contributed by atoms with Gasteiger partial charge in [0.2, 0.25) is 0 Å². The Balaban J connectivity index is 1.80. The Hall–Kier alpha value is -0.320. The maximum Gasteiger partial charge on any atom is 0.186 e. The maximum absolute atomic E-state index is 10.2. The summed E-state index contributed by atoms with van der Waals surface area (Å²) in [6, 6.07) is 0. The van der Waals surface area contributed by atoms with Crippen LogP contribution in [0, 0.1) is 0 Å². The van der Waals surface area contributed by atoms with Crippen molar-refractivity contribution < 1.29 is 40.1 Å². The summed E-state index contributed by atoms with van der Waals surface area (Å²) in [6.07, 6.45) is 19.8. The van der Waals surface area contributed by atoms with Crippen molar-refractivity contribution in [1.29, 1.82) is 0 Å². The smallest absolute Gasteiger partial charge is 0.186 e. The van der Waals surface area contributed by atoms with Crippen molar-refractivity contribution in [1.82, 2.24) is 0 Å². The van der Waals surface area contributed by atoms with Gasteiger partial charge in [-0.05, 0) is 26.2 Å². The largest absolute Gasteiger partial charge is 0.394 e. The SMILES string of the molecule is C[C@@H](O)CCCCCCCCCCCCCCCCCCCCC[C@H](O)CCO[C@@H]1O[C@H](CO)[C@@H](O)[C@H](O)[C@H]1O. The summed E-state index contributed by atoms with van der Waals surface area (Å²) in [6.45, 7) is 1.56. The van der Waals surface area contributed by atoms with Crippen molar-refractivity contribution in [2.45, 2.75) is 191 Å². The van der Waals surface area contributed by atoms with Crippen molar-refractivity contribution in [2.24, 2.45) is 0 Å². The molecule has 0 spiro atoms. The summed E-state index contributed by atoms with van der Waals surface area (Å²) in [7, 11) is 0. The Morgan fingerprint density at radius 1 is 0.550 bits per heavy atom. The van der Waals surface area contributed by atoms with Gasteiger partial charge >= 0.3 is 0 Å². The van der Waals surface area contributed by atoms with Gasteiger partial charge in [0.25, 0.3) is 0 Å². The first-order valence-corrected chi connectivity index (χ1v) is 16.6. The lowest BCUT2D eigenvalue weighted by Crippen LogP contribution is -2.59. The third kappa shape index (κ3) is 19.0. The average Bonchev–Trinajstić information content (AvgIpc) is 2.93. The molecule has 1 rings (SSSR count). The molecule has 0 aromatic heterocycles. The molecular weight excluding hydrogens is 512 g/mol. The van der Waals surface area contributed by atoms with Crippen LogP contribution < -0.4 is 0 Å². The highest BCUT2D eigenvalue weighted by molar-refractivity contribution is 4.88. The fourth-order valence-electron chi connectivity index (χ4n) is 5.49. The van der Waals surface area contributed by atoms with E-state index in [4.69, 9.17) is 9.47 Å². The van der Waals surface area contributed by atoms with Crippen LogP contribution in [0.1, 0.15) is 148 Å². The third-order valence-corrected chi connectivity index (χ3v) is 8.24. The molecule has 0 aliphatic carbocycles. The molecule has 240 valence electrons. The zero-order valence-electron chi connectivity index (χ0n) is 25.5. The second-order valence-electron chi connectivity index (χ2n) is 12.2. The molecule has 1 aliphatic rings. The standard InChI is InChI=1S/C32H64O8/c1-26(34)21-19-17-15-13-11-9-7-5-3-2-4-6-8-10-12-14-16-18-20-22-27(35)23-24-39-32-31(38)30(37)29(36)28(25-33)40-32/h26-38H,2-25H2,1H3/t26-,27+,28-,29-,30+,31-,32-/m1/s1. The molecule has 0 bridgehead atoms. The summed E-state index contributed by atoms with van der Waals surface area (Å²) in [5.74, 6) is 0. The van der Waals surface area contributed by atoms with Gasteiger partial charge in [0.15, 0.2) is 6.29 Å². The molecule has 1 heterocycles. The summed E-state index contributed by atoms with van der Waals surface area (Å²) in [4.78, 5) is 0. The van der Waals surface area contributed by atoms with Gasteiger partial charge in [-0.3, -0.25) is 0 Å². The predicted octanol–water partition coefficient (Wildman–Crippen LogP) is 5.13. The van der Waals surface area contributed by atoms with Crippen molar-refractivity contribution in [2.75, 3.05) is 13.2 Å². The van der Waals surface area contributed by atoms with Crippen LogP contribution >= 0.6 is 0 Å². The van der Waals surface area contributed by atoms with E-state index in [1.165, 1.54) is 109 Å². The first kappa shape index (κ1) is 37.7. The number of hydrogen-bond donors (Lipinski definition) is 6. The predicted molar refractivity (Wildman–Crippen MR) is 159 cm³/mol. The molecule has 8 nitrogen and oxygen atoms in total. The van der Waals surface area contributed by atoms with Crippen molar-refractivity contribution in [3.05, 3.63) is 0 Å². The van der Waals surface area contributed by atoms with Crippen LogP contribution in [0.25, 0.3) is 0 Å². The van der Waals surface area contributed by atoms with E-state index in [2.05, 4.69) is 0 Å². The molecule has 40 heavy (non-hydrogen) atoms. The molecule has 0 unspecified atom stereocenters. The lowest BCUT2D eigenvalue weighted by Gasteiger charge is -2.39. The molecule has 1 fully saturated rings. The third-order valence-electron chi connectivity index (χ3n) is 8.24. The minimum Gasteiger partial charge on any atom is -0.394 e. The highest BCUT2D eigenvalue weighted by atomic mass is 16.7. The van der Waals surface area contributed by atoms with E-state index in [1.54, 1.807) is 0 Å². The van der Waals surface area contributed by atoms with E-state index < -0.39 is 43.4 Å². The van der Waals surface area contributed by atoms with E-state index in [-0.39, 0.29) is 12.7 Å². The van der Waals surface area contributed by atoms with Gasteiger partial charge in [0.1, 0.15) is 24.4 Å². The number of aliphatic hydroxyl groups excluding tert-OH is 6. The van der Waals surface area contributed by atoms with Gasteiger partial charge < -0.3 is 40.1 Å². The van der Waals surface area contributed by atoms with E-state index in [9.17, 15) is 30.6 Å². The van der Waals surface area contributed by atoms with Crippen LogP contribution in [-0.2, 0) is 9.47 Å². The zero-order chi connectivity index (χ0) is 29.4. The Kier molecular flexibility index (Phi) is 23.8. The molecule has 1 aliphatic heterocycles. The second-order valence-corrected chi connectivity index (χ2v) is 12.2. The molecule has 7 atom stereocenters. The Bertz CT molecular complexity index is 547. The monoisotopic (exact) mass is 576 g/mol. The molecular formula is C32H64O8. The summed E-state index contributed by atoms with van der Waals surface area (Å²) < 4.78 is 10.8. The van der Waals surface area contributed by atoms with Crippen LogP contribution in [0.5, 0.6) is 0 Å². The molecule has 8 heteroatoms. The van der Waals surface area contributed by atoms with Crippen LogP contribution in [0.3, 0.4) is 0 Å². The van der Waals surface area contributed by atoms with Crippen molar-refractivity contribution in [3.63, 3.8) is 0 Å². The van der Waals surface area contributed by atoms with Crippen LogP contribution in [0.2, 0.25) is 0 Å². The van der Waals surface area contributed by atoms with Gasteiger partial charge in [0, 0.05) is 0 Å². The van der Waals surface area contributed by atoms with Gasteiger partial charge in [-0.2, -0.15) is 0 Å². The topological polar surface area (TPSA) is 140 Å². The molecule has 0 radical (unpaired) electrons. The number of unbranched alkanes of at least 4 members (excludes halogenated alkanes) is 18. The average molecular weight is 577 g/mol. The second kappa shape index (κ2) is 25.2. The van der Waals surface area contributed by atoms with Gasteiger partial charge in [-0.1, -0.05) is 122 Å². The Morgan fingerprint density at radius 2 is 0.950 bits per heavy atom. The first-order valence-electron chi connectivity index (χ1n) is 16.6.